The lowest BCUT2D eigenvalue weighted by Gasteiger charge is -2.42. The van der Waals surface area contributed by atoms with Crippen LogP contribution >= 0.6 is 0 Å². The normalized spacial score (nSPS) is 44.6. The van der Waals surface area contributed by atoms with E-state index in [-0.39, 0.29) is 0 Å². The summed E-state index contributed by atoms with van der Waals surface area (Å²) >= 11 is 0. The van der Waals surface area contributed by atoms with E-state index in [1.807, 2.05) is 0 Å². The third-order valence-electron chi connectivity index (χ3n) is 5.26. The summed E-state index contributed by atoms with van der Waals surface area (Å²) in [7, 11) is 0. The Bertz CT molecular complexity index is 315. The molecule has 0 aromatic rings. The zero-order valence-electron chi connectivity index (χ0n) is 10.8. The Morgan fingerprint density at radius 2 is 2.18 bits per heavy atom. The monoisotopic (exact) mass is 236 g/mol. The molecule has 17 heavy (non-hydrogen) atoms. The van der Waals surface area contributed by atoms with Gasteiger partial charge < -0.3 is 5.21 Å². The first-order chi connectivity index (χ1) is 8.35. The maximum Gasteiger partial charge on any atom is 0.0775 e. The van der Waals surface area contributed by atoms with Gasteiger partial charge in [-0.1, -0.05) is 18.5 Å². The van der Waals surface area contributed by atoms with Crippen LogP contribution in [0.5, 0.6) is 0 Å². The van der Waals surface area contributed by atoms with Crippen molar-refractivity contribution in [3.05, 3.63) is 0 Å². The van der Waals surface area contributed by atoms with Crippen LogP contribution in [0.1, 0.15) is 51.9 Å². The molecule has 1 heterocycles. The predicted molar refractivity (Wildman–Crippen MR) is 68.5 cm³/mol. The minimum Gasteiger partial charge on any atom is -0.411 e. The zero-order chi connectivity index (χ0) is 11.8. The molecule has 0 radical (unpaired) electrons. The molecule has 0 unspecified atom stereocenters. The summed E-state index contributed by atoms with van der Waals surface area (Å²) in [4.78, 5) is 2.67. The van der Waals surface area contributed by atoms with Gasteiger partial charge in [-0.2, -0.15) is 0 Å². The van der Waals surface area contributed by atoms with Gasteiger partial charge in [0.2, 0.25) is 0 Å². The molecule has 2 aliphatic carbocycles. The SMILES string of the molecule is CC[C@@H]1CCCCN1[C@@H]1/C(=N\O)[C@H]2CC[C@H]1C2. The zero-order valence-corrected chi connectivity index (χ0v) is 10.8. The second-order valence-electron chi connectivity index (χ2n) is 6.04. The molecule has 0 aromatic heterocycles. The molecule has 1 N–H and O–H groups in total. The van der Waals surface area contributed by atoms with E-state index in [0.29, 0.717) is 12.0 Å². The maximum atomic E-state index is 9.31. The first-order valence-electron chi connectivity index (χ1n) is 7.32. The summed E-state index contributed by atoms with van der Waals surface area (Å²) in [6.07, 6.45) is 9.16. The molecular formula is C14H24N2O. The highest BCUT2D eigenvalue weighted by Gasteiger charge is 2.49. The summed E-state index contributed by atoms with van der Waals surface area (Å²) in [5.74, 6) is 1.37. The number of likely N-dealkylation sites (tertiary alicyclic amines) is 1. The molecular weight excluding hydrogens is 212 g/mol. The Kier molecular flexibility index (Phi) is 3.12. The molecule has 1 aliphatic heterocycles. The molecule has 4 atom stereocenters. The fourth-order valence-electron chi connectivity index (χ4n) is 4.46. The van der Waals surface area contributed by atoms with Crippen molar-refractivity contribution in [2.45, 2.75) is 64.0 Å². The second kappa shape index (κ2) is 4.60. The number of piperidine rings is 1. The third kappa shape index (κ3) is 1.79. The Hall–Kier alpha value is -0.570. The third-order valence-corrected chi connectivity index (χ3v) is 5.26. The molecule has 96 valence electrons. The number of rotatable bonds is 2. The van der Waals surface area contributed by atoms with Crippen LogP contribution in [0.25, 0.3) is 0 Å². The van der Waals surface area contributed by atoms with Crippen LogP contribution in [0, 0.1) is 11.8 Å². The average molecular weight is 236 g/mol. The van der Waals surface area contributed by atoms with E-state index in [1.54, 1.807) is 0 Å². The number of hydrogen-bond acceptors (Lipinski definition) is 3. The fourth-order valence-corrected chi connectivity index (χ4v) is 4.46. The summed E-state index contributed by atoms with van der Waals surface area (Å²) in [6, 6.07) is 1.20. The quantitative estimate of drug-likeness (QED) is 0.591. The summed E-state index contributed by atoms with van der Waals surface area (Å²) in [5.41, 5.74) is 1.11. The van der Waals surface area contributed by atoms with Crippen molar-refractivity contribution in [1.29, 1.82) is 0 Å². The van der Waals surface area contributed by atoms with Crippen molar-refractivity contribution in [3.63, 3.8) is 0 Å². The summed E-state index contributed by atoms with van der Waals surface area (Å²) < 4.78 is 0. The van der Waals surface area contributed by atoms with Gasteiger partial charge in [-0.05, 0) is 51.0 Å². The lowest BCUT2D eigenvalue weighted by atomic mass is 9.88. The van der Waals surface area contributed by atoms with Gasteiger partial charge in [0.25, 0.3) is 0 Å². The number of nitrogens with zero attached hydrogens (tertiary/aromatic N) is 2. The largest absolute Gasteiger partial charge is 0.411 e. The molecule has 3 heteroatoms. The lowest BCUT2D eigenvalue weighted by Crippen LogP contribution is -2.52. The van der Waals surface area contributed by atoms with E-state index >= 15 is 0 Å². The van der Waals surface area contributed by atoms with Gasteiger partial charge in [-0.15, -0.1) is 0 Å². The van der Waals surface area contributed by atoms with Gasteiger partial charge >= 0.3 is 0 Å². The topological polar surface area (TPSA) is 35.8 Å². The number of fused-ring (bicyclic) bond motifs is 2. The van der Waals surface area contributed by atoms with Crippen LogP contribution in [0.4, 0.5) is 0 Å². The van der Waals surface area contributed by atoms with Gasteiger partial charge in [0.05, 0.1) is 11.8 Å². The number of hydrogen-bond donors (Lipinski definition) is 1. The minimum atomic E-state index is 0.476. The molecule has 3 fully saturated rings. The van der Waals surface area contributed by atoms with Gasteiger partial charge in [0.15, 0.2) is 0 Å². The van der Waals surface area contributed by atoms with Crippen molar-refractivity contribution >= 4 is 5.71 Å². The van der Waals surface area contributed by atoms with Crippen molar-refractivity contribution in [2.24, 2.45) is 17.0 Å². The minimum absolute atomic E-state index is 0.476. The second-order valence-corrected chi connectivity index (χ2v) is 6.04. The Morgan fingerprint density at radius 3 is 2.94 bits per heavy atom. The highest BCUT2D eigenvalue weighted by molar-refractivity contribution is 5.94. The van der Waals surface area contributed by atoms with Gasteiger partial charge in [-0.25, -0.2) is 0 Å². The van der Waals surface area contributed by atoms with Gasteiger partial charge in [0, 0.05) is 12.0 Å². The van der Waals surface area contributed by atoms with Crippen molar-refractivity contribution in [2.75, 3.05) is 6.54 Å². The Labute approximate surface area is 104 Å². The lowest BCUT2D eigenvalue weighted by molar-refractivity contribution is 0.0954. The van der Waals surface area contributed by atoms with Crippen molar-refractivity contribution in [3.8, 4) is 0 Å². The molecule has 3 aliphatic rings. The molecule has 3 rings (SSSR count). The van der Waals surface area contributed by atoms with Crippen LogP contribution < -0.4 is 0 Å². The Balaban J connectivity index is 1.82. The fraction of sp³-hybridized carbons (Fsp3) is 0.929. The van der Waals surface area contributed by atoms with Crippen molar-refractivity contribution in [1.82, 2.24) is 4.90 Å². The van der Waals surface area contributed by atoms with Crippen LogP contribution in [-0.4, -0.2) is 34.4 Å². The molecule has 2 bridgehead atoms. The van der Waals surface area contributed by atoms with Crippen LogP contribution in [0.2, 0.25) is 0 Å². The smallest absolute Gasteiger partial charge is 0.0775 e. The molecule has 1 saturated heterocycles. The standard InChI is InChI=1S/C14H24N2O/c1-2-12-5-3-4-8-16(12)14-11-7-6-10(9-11)13(14)15-17/h10-12,14,17H,2-9H2,1H3/b15-13-/t10-,11-,12+,14-/m0/s1. The first-order valence-corrected chi connectivity index (χ1v) is 7.32. The maximum absolute atomic E-state index is 9.31. The van der Waals surface area contributed by atoms with E-state index in [9.17, 15) is 5.21 Å². The molecule has 2 saturated carbocycles. The van der Waals surface area contributed by atoms with E-state index in [1.165, 1.54) is 51.5 Å². The predicted octanol–water partition coefficient (Wildman–Crippen LogP) is 2.88. The van der Waals surface area contributed by atoms with Crippen LogP contribution in [0.15, 0.2) is 5.16 Å². The van der Waals surface area contributed by atoms with Gasteiger partial charge in [0.1, 0.15) is 0 Å². The average Bonchev–Trinajstić information content (AvgIpc) is 2.98. The van der Waals surface area contributed by atoms with E-state index in [0.717, 1.165) is 17.7 Å². The highest BCUT2D eigenvalue weighted by Crippen LogP contribution is 2.46. The number of oxime groups is 1. The molecule has 0 spiro atoms. The summed E-state index contributed by atoms with van der Waals surface area (Å²) in [6.45, 7) is 3.51. The van der Waals surface area contributed by atoms with E-state index in [2.05, 4.69) is 17.0 Å². The van der Waals surface area contributed by atoms with Gasteiger partial charge in [-0.3, -0.25) is 4.90 Å². The van der Waals surface area contributed by atoms with E-state index < -0.39 is 0 Å². The molecule has 3 nitrogen and oxygen atoms in total. The molecule has 0 amide bonds. The molecule has 0 aromatic carbocycles. The first kappa shape index (κ1) is 11.5. The Morgan fingerprint density at radius 1 is 1.29 bits per heavy atom. The van der Waals surface area contributed by atoms with Crippen molar-refractivity contribution < 1.29 is 5.21 Å². The van der Waals surface area contributed by atoms with E-state index in [4.69, 9.17) is 0 Å². The highest BCUT2D eigenvalue weighted by atomic mass is 16.4. The summed E-state index contributed by atoms with van der Waals surface area (Å²) in [5, 5.41) is 13.0. The van der Waals surface area contributed by atoms with Crippen LogP contribution in [-0.2, 0) is 0 Å². The van der Waals surface area contributed by atoms with Crippen LogP contribution in [0.3, 0.4) is 0 Å².